The van der Waals surface area contributed by atoms with Crippen molar-refractivity contribution in [2.45, 2.75) is 37.8 Å². The van der Waals surface area contributed by atoms with Crippen molar-refractivity contribution >= 4 is 0 Å². The van der Waals surface area contributed by atoms with Crippen LogP contribution in [0.5, 0.6) is 0 Å². The Morgan fingerprint density at radius 2 is 2.35 bits per heavy atom. The van der Waals surface area contributed by atoms with E-state index in [4.69, 9.17) is 10.3 Å². The van der Waals surface area contributed by atoms with Crippen LogP contribution in [0.25, 0.3) is 0 Å². The van der Waals surface area contributed by atoms with Gasteiger partial charge in [0.25, 0.3) is 5.89 Å². The number of hydrogen-bond donors (Lipinski definition) is 1. The second-order valence-corrected chi connectivity index (χ2v) is 4.63. The third-order valence-corrected chi connectivity index (χ3v) is 3.41. The molecule has 3 rings (SSSR count). The molecule has 0 saturated heterocycles. The van der Waals surface area contributed by atoms with Gasteiger partial charge in [0.15, 0.2) is 5.82 Å². The molecular weight excluding hydrogens is 218 g/mol. The summed E-state index contributed by atoms with van der Waals surface area (Å²) in [5.74, 6) is 1.18. The molecule has 2 N–H and O–H groups in total. The molecule has 0 amide bonds. The van der Waals surface area contributed by atoms with Crippen LogP contribution in [-0.2, 0) is 5.54 Å². The fraction of sp³-hybridized carbons (Fsp3) is 0.545. The van der Waals surface area contributed by atoms with E-state index in [2.05, 4.69) is 15.2 Å². The topological polar surface area (TPSA) is 82.8 Å². The molecule has 1 aliphatic carbocycles. The van der Waals surface area contributed by atoms with Gasteiger partial charge in [0.1, 0.15) is 6.04 Å². The van der Waals surface area contributed by atoms with Crippen molar-refractivity contribution in [3.63, 3.8) is 0 Å². The lowest BCUT2D eigenvalue weighted by Crippen LogP contribution is -2.44. The van der Waals surface area contributed by atoms with Gasteiger partial charge in [0.05, 0.1) is 5.54 Å². The van der Waals surface area contributed by atoms with Crippen LogP contribution in [0.1, 0.15) is 43.9 Å². The van der Waals surface area contributed by atoms with Crippen LogP contribution >= 0.6 is 0 Å². The summed E-state index contributed by atoms with van der Waals surface area (Å²) >= 11 is 0. The highest BCUT2D eigenvalue weighted by Crippen LogP contribution is 2.37. The van der Waals surface area contributed by atoms with Crippen LogP contribution in [0.15, 0.2) is 23.0 Å². The van der Waals surface area contributed by atoms with E-state index in [0.29, 0.717) is 11.7 Å². The predicted octanol–water partition coefficient (Wildman–Crippen LogP) is 1.21. The zero-order valence-corrected chi connectivity index (χ0v) is 9.71. The fourth-order valence-electron chi connectivity index (χ4n) is 2.01. The molecule has 1 aliphatic rings. The monoisotopic (exact) mass is 233 g/mol. The molecule has 0 spiro atoms. The lowest BCUT2D eigenvalue weighted by molar-refractivity contribution is 0.228. The maximum atomic E-state index is 6.15. The first kappa shape index (κ1) is 10.5. The second kappa shape index (κ2) is 3.66. The Kier molecular flexibility index (Phi) is 2.25. The van der Waals surface area contributed by atoms with Crippen LogP contribution in [0.2, 0.25) is 0 Å². The zero-order chi connectivity index (χ0) is 11.9. The molecule has 2 aromatic rings. The van der Waals surface area contributed by atoms with E-state index in [0.717, 1.165) is 19.3 Å². The Bertz CT molecular complexity index is 500. The van der Waals surface area contributed by atoms with E-state index >= 15 is 0 Å². The van der Waals surface area contributed by atoms with Crippen LogP contribution in [-0.4, -0.2) is 19.9 Å². The molecule has 6 nitrogen and oxygen atoms in total. The Labute approximate surface area is 98.8 Å². The molecular formula is C11H15N5O. The highest BCUT2D eigenvalue weighted by Gasteiger charge is 2.39. The highest BCUT2D eigenvalue weighted by atomic mass is 16.5. The lowest BCUT2D eigenvalue weighted by Gasteiger charge is -2.34. The Balaban J connectivity index is 1.85. The summed E-state index contributed by atoms with van der Waals surface area (Å²) in [6.07, 6.45) is 6.60. The van der Waals surface area contributed by atoms with E-state index in [1.807, 2.05) is 19.2 Å². The maximum absolute atomic E-state index is 6.15. The SMILES string of the molecule is CC(c1nc(C2(N)CCC2)no1)n1cccn1. The molecule has 2 heterocycles. The number of rotatable bonds is 3. The highest BCUT2D eigenvalue weighted by molar-refractivity contribution is 5.09. The predicted molar refractivity (Wildman–Crippen MR) is 60.1 cm³/mol. The van der Waals surface area contributed by atoms with Crippen molar-refractivity contribution in [2.24, 2.45) is 5.73 Å². The van der Waals surface area contributed by atoms with Crippen molar-refractivity contribution in [1.29, 1.82) is 0 Å². The van der Waals surface area contributed by atoms with E-state index in [-0.39, 0.29) is 11.6 Å². The smallest absolute Gasteiger partial charge is 0.251 e. The van der Waals surface area contributed by atoms with Gasteiger partial charge in [-0.05, 0) is 32.3 Å². The van der Waals surface area contributed by atoms with Crippen LogP contribution in [0.3, 0.4) is 0 Å². The Morgan fingerprint density at radius 3 is 2.94 bits per heavy atom. The summed E-state index contributed by atoms with van der Waals surface area (Å²) in [5.41, 5.74) is 5.78. The third-order valence-electron chi connectivity index (χ3n) is 3.41. The minimum absolute atomic E-state index is 0.0603. The summed E-state index contributed by atoms with van der Waals surface area (Å²) < 4.78 is 7.05. The van der Waals surface area contributed by atoms with E-state index in [9.17, 15) is 0 Å². The molecule has 0 aromatic carbocycles. The van der Waals surface area contributed by atoms with Crippen LogP contribution < -0.4 is 5.73 Å². The number of nitrogens with two attached hydrogens (primary N) is 1. The minimum Gasteiger partial charge on any atom is -0.337 e. The summed E-state index contributed by atoms with van der Waals surface area (Å²) in [6, 6.07) is 1.80. The number of aromatic nitrogens is 4. The first-order valence-electron chi connectivity index (χ1n) is 5.81. The van der Waals surface area contributed by atoms with Gasteiger partial charge in [-0.3, -0.25) is 4.68 Å². The minimum atomic E-state index is -0.369. The van der Waals surface area contributed by atoms with Gasteiger partial charge >= 0.3 is 0 Å². The standard InChI is InChI=1S/C11H15N5O/c1-8(16-7-3-6-13-16)9-14-10(15-17-9)11(12)4-2-5-11/h3,6-8H,2,4-5,12H2,1H3. The van der Waals surface area contributed by atoms with Crippen molar-refractivity contribution in [3.8, 4) is 0 Å². The molecule has 1 atom stereocenters. The van der Waals surface area contributed by atoms with Gasteiger partial charge in [-0.25, -0.2) is 0 Å². The molecule has 90 valence electrons. The first-order valence-corrected chi connectivity index (χ1v) is 5.81. The van der Waals surface area contributed by atoms with E-state index in [1.54, 1.807) is 10.9 Å². The molecule has 2 aromatic heterocycles. The van der Waals surface area contributed by atoms with Gasteiger partial charge < -0.3 is 10.3 Å². The molecule has 0 bridgehead atoms. The average molecular weight is 233 g/mol. The van der Waals surface area contributed by atoms with Gasteiger partial charge in [0.2, 0.25) is 0 Å². The molecule has 0 aliphatic heterocycles. The molecule has 1 saturated carbocycles. The van der Waals surface area contributed by atoms with Crippen LogP contribution in [0, 0.1) is 0 Å². The fourth-order valence-corrected chi connectivity index (χ4v) is 2.01. The zero-order valence-electron chi connectivity index (χ0n) is 9.71. The van der Waals surface area contributed by atoms with Gasteiger partial charge in [0, 0.05) is 12.4 Å². The van der Waals surface area contributed by atoms with Crippen molar-refractivity contribution in [2.75, 3.05) is 0 Å². The summed E-state index contributed by atoms with van der Waals surface area (Å²) in [7, 11) is 0. The molecule has 0 radical (unpaired) electrons. The van der Waals surface area contributed by atoms with E-state index < -0.39 is 0 Å². The van der Waals surface area contributed by atoms with Gasteiger partial charge in [-0.1, -0.05) is 5.16 Å². The van der Waals surface area contributed by atoms with Gasteiger partial charge in [-0.15, -0.1) is 0 Å². The summed E-state index contributed by atoms with van der Waals surface area (Å²) in [5, 5.41) is 8.14. The van der Waals surface area contributed by atoms with Gasteiger partial charge in [-0.2, -0.15) is 10.1 Å². The number of hydrogen-bond acceptors (Lipinski definition) is 5. The normalized spacial score (nSPS) is 19.9. The first-order chi connectivity index (χ1) is 8.19. The molecule has 6 heteroatoms. The van der Waals surface area contributed by atoms with E-state index in [1.165, 1.54) is 0 Å². The molecule has 17 heavy (non-hydrogen) atoms. The third kappa shape index (κ3) is 1.64. The van der Waals surface area contributed by atoms with Crippen molar-refractivity contribution in [1.82, 2.24) is 19.9 Å². The largest absolute Gasteiger partial charge is 0.337 e. The number of nitrogens with zero attached hydrogens (tertiary/aromatic N) is 4. The average Bonchev–Trinajstić information content (AvgIpc) is 2.95. The quantitative estimate of drug-likeness (QED) is 0.861. The molecule has 1 unspecified atom stereocenters. The Morgan fingerprint density at radius 1 is 1.53 bits per heavy atom. The maximum Gasteiger partial charge on any atom is 0.251 e. The summed E-state index contributed by atoms with van der Waals surface area (Å²) in [4.78, 5) is 4.40. The summed E-state index contributed by atoms with van der Waals surface area (Å²) in [6.45, 7) is 1.97. The Hall–Kier alpha value is -1.69. The van der Waals surface area contributed by atoms with Crippen LogP contribution in [0.4, 0.5) is 0 Å². The molecule has 1 fully saturated rings. The second-order valence-electron chi connectivity index (χ2n) is 4.63. The van der Waals surface area contributed by atoms with Crippen molar-refractivity contribution in [3.05, 3.63) is 30.2 Å². The van der Waals surface area contributed by atoms with Crippen molar-refractivity contribution < 1.29 is 4.52 Å². The lowest BCUT2D eigenvalue weighted by atomic mass is 9.77.